The van der Waals surface area contributed by atoms with E-state index in [0.717, 1.165) is 23.7 Å². The van der Waals surface area contributed by atoms with Crippen LogP contribution in [0.1, 0.15) is 29.0 Å². The molecule has 3 rings (SSSR count). The van der Waals surface area contributed by atoms with Crippen molar-refractivity contribution in [2.75, 3.05) is 26.2 Å². The second kappa shape index (κ2) is 7.15. The van der Waals surface area contributed by atoms with Gasteiger partial charge < -0.3 is 4.90 Å². The standard InChI is InChI=1S/C17H19ClN4O2/c1-12(13-4-2-3-5-14(13)18)21-8-10-22(11-9-21)17(24)15-6-7-16(23)20-19-15/h2-7,12H,8-11H2,1H3,(H,20,23). The Labute approximate surface area is 145 Å². The predicted molar refractivity (Wildman–Crippen MR) is 92.2 cm³/mol. The Morgan fingerprint density at radius 2 is 1.88 bits per heavy atom. The maximum atomic E-state index is 12.4. The molecule has 1 aromatic heterocycles. The number of halogens is 1. The van der Waals surface area contributed by atoms with Crippen molar-refractivity contribution >= 4 is 17.5 Å². The fourth-order valence-electron chi connectivity index (χ4n) is 2.95. The molecule has 0 radical (unpaired) electrons. The van der Waals surface area contributed by atoms with Crippen LogP contribution in [0.2, 0.25) is 5.02 Å². The lowest BCUT2D eigenvalue weighted by Gasteiger charge is -2.38. The molecule has 1 atom stereocenters. The maximum absolute atomic E-state index is 12.4. The average Bonchev–Trinajstić information content (AvgIpc) is 2.62. The van der Waals surface area contributed by atoms with Gasteiger partial charge in [0.15, 0.2) is 0 Å². The molecule has 2 aromatic rings. The van der Waals surface area contributed by atoms with Crippen molar-refractivity contribution < 1.29 is 4.79 Å². The first kappa shape index (κ1) is 16.7. The van der Waals surface area contributed by atoms with Crippen LogP contribution in [0.5, 0.6) is 0 Å². The van der Waals surface area contributed by atoms with Crippen molar-refractivity contribution in [1.29, 1.82) is 0 Å². The van der Waals surface area contributed by atoms with Gasteiger partial charge in [0.05, 0.1) is 0 Å². The summed E-state index contributed by atoms with van der Waals surface area (Å²) >= 11 is 6.28. The maximum Gasteiger partial charge on any atom is 0.274 e. The molecule has 1 N–H and O–H groups in total. The number of hydrogen-bond acceptors (Lipinski definition) is 4. The second-order valence-electron chi connectivity index (χ2n) is 5.83. The molecular formula is C17H19ClN4O2. The first-order chi connectivity index (χ1) is 11.6. The van der Waals surface area contributed by atoms with Gasteiger partial charge in [0, 0.05) is 43.3 Å². The van der Waals surface area contributed by atoms with Crippen molar-refractivity contribution in [2.45, 2.75) is 13.0 Å². The zero-order valence-electron chi connectivity index (χ0n) is 13.4. The van der Waals surface area contributed by atoms with E-state index in [9.17, 15) is 9.59 Å². The lowest BCUT2D eigenvalue weighted by atomic mass is 10.1. The molecule has 1 aliphatic heterocycles. The van der Waals surface area contributed by atoms with Crippen molar-refractivity contribution in [3.05, 3.63) is 63.0 Å². The highest BCUT2D eigenvalue weighted by Crippen LogP contribution is 2.27. The zero-order valence-corrected chi connectivity index (χ0v) is 14.2. The lowest BCUT2D eigenvalue weighted by molar-refractivity contribution is 0.0575. The highest BCUT2D eigenvalue weighted by molar-refractivity contribution is 6.31. The van der Waals surface area contributed by atoms with E-state index in [1.807, 2.05) is 24.3 Å². The molecular weight excluding hydrogens is 328 g/mol. The molecule has 0 bridgehead atoms. The zero-order chi connectivity index (χ0) is 17.1. The van der Waals surface area contributed by atoms with Crippen LogP contribution in [0.25, 0.3) is 0 Å². The van der Waals surface area contributed by atoms with Crippen LogP contribution in [0, 0.1) is 0 Å². The van der Waals surface area contributed by atoms with Gasteiger partial charge >= 0.3 is 0 Å². The number of piperazine rings is 1. The quantitative estimate of drug-likeness (QED) is 0.922. The summed E-state index contributed by atoms with van der Waals surface area (Å²) in [5, 5.41) is 6.87. The number of rotatable bonds is 3. The van der Waals surface area contributed by atoms with Crippen molar-refractivity contribution in [3.8, 4) is 0 Å². The van der Waals surface area contributed by atoms with Crippen LogP contribution in [-0.2, 0) is 0 Å². The minimum Gasteiger partial charge on any atom is -0.335 e. The van der Waals surface area contributed by atoms with Gasteiger partial charge in [-0.15, -0.1) is 0 Å². The van der Waals surface area contributed by atoms with E-state index >= 15 is 0 Å². The number of amides is 1. The van der Waals surface area contributed by atoms with Crippen LogP contribution in [0.3, 0.4) is 0 Å². The van der Waals surface area contributed by atoms with E-state index in [1.165, 1.54) is 12.1 Å². The number of carbonyl (C=O) groups excluding carboxylic acids is 1. The van der Waals surface area contributed by atoms with Crippen LogP contribution in [0.4, 0.5) is 0 Å². The Kier molecular flexibility index (Phi) is 4.97. The van der Waals surface area contributed by atoms with E-state index in [-0.39, 0.29) is 23.2 Å². The average molecular weight is 347 g/mol. The molecule has 0 saturated carbocycles. The monoisotopic (exact) mass is 346 g/mol. The van der Waals surface area contributed by atoms with Gasteiger partial charge in [-0.3, -0.25) is 14.5 Å². The van der Waals surface area contributed by atoms with Gasteiger partial charge in [0.2, 0.25) is 0 Å². The molecule has 1 aromatic carbocycles. The fraction of sp³-hybridized carbons (Fsp3) is 0.353. The number of hydrogen-bond donors (Lipinski definition) is 1. The fourth-order valence-corrected chi connectivity index (χ4v) is 3.24. The summed E-state index contributed by atoms with van der Waals surface area (Å²) in [5.74, 6) is -0.156. The van der Waals surface area contributed by atoms with E-state index in [4.69, 9.17) is 11.6 Å². The summed E-state index contributed by atoms with van der Waals surface area (Å²) in [6.07, 6.45) is 0. The molecule has 24 heavy (non-hydrogen) atoms. The number of nitrogens with one attached hydrogen (secondary N) is 1. The summed E-state index contributed by atoms with van der Waals surface area (Å²) < 4.78 is 0. The minimum atomic E-state index is -0.315. The summed E-state index contributed by atoms with van der Waals surface area (Å²) in [6, 6.07) is 10.8. The van der Waals surface area contributed by atoms with E-state index in [1.54, 1.807) is 4.90 Å². The van der Waals surface area contributed by atoms with Gasteiger partial charge in [0.25, 0.3) is 11.5 Å². The number of benzene rings is 1. The number of H-pyrrole nitrogens is 1. The van der Waals surface area contributed by atoms with Gasteiger partial charge in [-0.25, -0.2) is 5.10 Å². The van der Waals surface area contributed by atoms with E-state index in [2.05, 4.69) is 22.0 Å². The number of aromatic nitrogens is 2. The number of carbonyl (C=O) groups is 1. The third-order valence-electron chi connectivity index (χ3n) is 4.40. The molecule has 1 unspecified atom stereocenters. The van der Waals surface area contributed by atoms with Crippen LogP contribution < -0.4 is 5.56 Å². The predicted octanol–water partition coefficient (Wildman–Crippen LogP) is 1.94. The lowest BCUT2D eigenvalue weighted by Crippen LogP contribution is -2.49. The van der Waals surface area contributed by atoms with Crippen LogP contribution in [0.15, 0.2) is 41.2 Å². The second-order valence-corrected chi connectivity index (χ2v) is 6.24. The highest BCUT2D eigenvalue weighted by Gasteiger charge is 2.26. The van der Waals surface area contributed by atoms with Gasteiger partial charge in [-0.2, -0.15) is 5.10 Å². The van der Waals surface area contributed by atoms with E-state index < -0.39 is 0 Å². The third-order valence-corrected chi connectivity index (χ3v) is 4.75. The molecule has 1 saturated heterocycles. The molecule has 2 heterocycles. The number of nitrogens with zero attached hydrogens (tertiary/aromatic N) is 3. The smallest absolute Gasteiger partial charge is 0.274 e. The van der Waals surface area contributed by atoms with Gasteiger partial charge in [0.1, 0.15) is 5.69 Å². The Hall–Kier alpha value is -2.18. The molecule has 1 amide bonds. The molecule has 0 aliphatic carbocycles. The van der Waals surface area contributed by atoms with Crippen molar-refractivity contribution in [2.24, 2.45) is 0 Å². The van der Waals surface area contributed by atoms with Crippen molar-refractivity contribution in [3.63, 3.8) is 0 Å². The Morgan fingerprint density at radius 3 is 2.50 bits per heavy atom. The van der Waals surface area contributed by atoms with E-state index in [0.29, 0.717) is 13.1 Å². The minimum absolute atomic E-state index is 0.156. The first-order valence-electron chi connectivity index (χ1n) is 7.90. The van der Waals surface area contributed by atoms with Crippen LogP contribution in [-0.4, -0.2) is 52.1 Å². The Bertz CT molecular complexity index is 764. The summed E-state index contributed by atoms with van der Waals surface area (Å²) in [6.45, 7) is 4.90. The molecule has 0 spiro atoms. The van der Waals surface area contributed by atoms with Gasteiger partial charge in [-0.1, -0.05) is 29.8 Å². The third kappa shape index (κ3) is 3.49. The van der Waals surface area contributed by atoms with Crippen molar-refractivity contribution in [1.82, 2.24) is 20.0 Å². The largest absolute Gasteiger partial charge is 0.335 e. The molecule has 7 heteroatoms. The summed E-state index contributed by atoms with van der Waals surface area (Å²) in [5.41, 5.74) is 1.05. The number of aromatic amines is 1. The summed E-state index contributed by atoms with van der Waals surface area (Å²) in [7, 11) is 0. The highest BCUT2D eigenvalue weighted by atomic mass is 35.5. The topological polar surface area (TPSA) is 69.3 Å². The normalized spacial score (nSPS) is 16.8. The molecule has 1 aliphatic rings. The SMILES string of the molecule is CC(c1ccccc1Cl)N1CCN(C(=O)c2ccc(=O)[nH]n2)CC1. The molecule has 1 fully saturated rings. The van der Waals surface area contributed by atoms with Crippen LogP contribution >= 0.6 is 11.6 Å². The summed E-state index contributed by atoms with van der Waals surface area (Å²) in [4.78, 5) is 27.5. The Morgan fingerprint density at radius 1 is 1.17 bits per heavy atom. The molecule has 126 valence electrons. The van der Waals surface area contributed by atoms with Gasteiger partial charge in [-0.05, 0) is 24.6 Å². The first-order valence-corrected chi connectivity index (χ1v) is 8.27. The Balaban J connectivity index is 1.63. The molecule has 6 nitrogen and oxygen atoms in total.